The fourth-order valence-electron chi connectivity index (χ4n) is 6.00. The van der Waals surface area contributed by atoms with E-state index in [-0.39, 0.29) is 30.7 Å². The van der Waals surface area contributed by atoms with Crippen LogP contribution in [0.1, 0.15) is 79.5 Å². The second kappa shape index (κ2) is 9.59. The largest absolute Gasteiger partial charge is 0.375 e. The van der Waals surface area contributed by atoms with E-state index in [9.17, 15) is 8.78 Å². The summed E-state index contributed by atoms with van der Waals surface area (Å²) in [6.45, 7) is 9.82. The van der Waals surface area contributed by atoms with Crippen LogP contribution >= 0.6 is 0 Å². The van der Waals surface area contributed by atoms with Gasteiger partial charge in [0.2, 0.25) is 5.92 Å². The highest BCUT2D eigenvalue weighted by Gasteiger charge is 2.39. The van der Waals surface area contributed by atoms with E-state index >= 15 is 0 Å². The third kappa shape index (κ3) is 4.58. The smallest absolute Gasteiger partial charge is 0.251 e. The Labute approximate surface area is 220 Å². The van der Waals surface area contributed by atoms with Crippen molar-refractivity contribution in [3.63, 3.8) is 0 Å². The average molecular weight is 522 g/mol. The number of aryl methyl sites for hydroxylation is 3. The van der Waals surface area contributed by atoms with Gasteiger partial charge in [-0.2, -0.15) is 15.3 Å². The Balaban J connectivity index is 1.32. The molecule has 9 nitrogen and oxygen atoms in total. The van der Waals surface area contributed by atoms with Gasteiger partial charge in [-0.05, 0) is 57.6 Å². The zero-order valence-electron chi connectivity index (χ0n) is 21.8. The van der Waals surface area contributed by atoms with Crippen LogP contribution in [0.2, 0.25) is 0 Å². The van der Waals surface area contributed by atoms with Gasteiger partial charge in [0.25, 0.3) is 5.78 Å². The van der Waals surface area contributed by atoms with Gasteiger partial charge < -0.3 is 5.32 Å². The van der Waals surface area contributed by atoms with Crippen LogP contribution in [0.4, 0.5) is 8.78 Å². The SMILES string of the molecule is C=C(NC(c1cn2nc(C)c(C3CCn4nccc4C3)nc2n1)C1CCC(F)(F)CC1)c1ccnn1CC. The molecule has 1 aliphatic carbocycles. The first-order chi connectivity index (χ1) is 18.3. The van der Waals surface area contributed by atoms with Crippen molar-refractivity contribution < 1.29 is 8.78 Å². The predicted octanol–water partition coefficient (Wildman–Crippen LogP) is 4.70. The molecule has 4 aromatic rings. The summed E-state index contributed by atoms with van der Waals surface area (Å²) in [7, 11) is 0. The third-order valence-electron chi connectivity index (χ3n) is 8.08. The molecule has 0 aromatic carbocycles. The van der Waals surface area contributed by atoms with Crippen molar-refractivity contribution in [2.24, 2.45) is 5.92 Å². The summed E-state index contributed by atoms with van der Waals surface area (Å²) in [5.41, 5.74) is 5.34. The molecule has 1 saturated carbocycles. The van der Waals surface area contributed by atoms with E-state index in [1.165, 1.54) is 5.69 Å². The summed E-state index contributed by atoms with van der Waals surface area (Å²) in [5, 5.41) is 17.1. The van der Waals surface area contributed by atoms with Gasteiger partial charge in [-0.25, -0.2) is 23.3 Å². The molecule has 6 rings (SSSR count). The Bertz CT molecular complexity index is 1460. The molecule has 1 aliphatic heterocycles. The quantitative estimate of drug-likeness (QED) is 0.379. The maximum atomic E-state index is 14.0. The molecule has 2 unspecified atom stereocenters. The van der Waals surface area contributed by atoms with Gasteiger partial charge in [0.1, 0.15) is 0 Å². The molecule has 1 N–H and O–H groups in total. The Morgan fingerprint density at radius 3 is 2.74 bits per heavy atom. The number of hydrogen-bond donors (Lipinski definition) is 1. The molecule has 0 bridgehead atoms. The van der Waals surface area contributed by atoms with E-state index in [1.54, 1.807) is 10.7 Å². The van der Waals surface area contributed by atoms with E-state index in [1.807, 2.05) is 41.7 Å². The summed E-state index contributed by atoms with van der Waals surface area (Å²) in [5.74, 6) is -1.85. The van der Waals surface area contributed by atoms with Crippen LogP contribution in [0.15, 0.2) is 37.3 Å². The zero-order valence-corrected chi connectivity index (χ0v) is 21.8. The summed E-state index contributed by atoms with van der Waals surface area (Å²) in [6.07, 6.45) is 7.83. The van der Waals surface area contributed by atoms with Gasteiger partial charge in [0.05, 0.1) is 40.7 Å². The number of nitrogens with zero attached hydrogens (tertiary/aromatic N) is 8. The van der Waals surface area contributed by atoms with Crippen LogP contribution in [0.3, 0.4) is 0 Å². The van der Waals surface area contributed by atoms with E-state index in [0.717, 1.165) is 42.2 Å². The molecule has 5 heterocycles. The van der Waals surface area contributed by atoms with E-state index in [2.05, 4.69) is 28.2 Å². The van der Waals surface area contributed by atoms with Crippen LogP contribution in [0.25, 0.3) is 11.5 Å². The number of halogens is 2. The predicted molar refractivity (Wildman–Crippen MR) is 139 cm³/mol. The van der Waals surface area contributed by atoms with Crippen molar-refractivity contribution in [2.75, 3.05) is 0 Å². The molecular weight excluding hydrogens is 488 g/mol. The minimum atomic E-state index is -2.61. The molecule has 2 aliphatic rings. The lowest BCUT2D eigenvalue weighted by Crippen LogP contribution is -2.34. The molecule has 200 valence electrons. The zero-order chi connectivity index (χ0) is 26.4. The lowest BCUT2D eigenvalue weighted by Gasteiger charge is -2.34. The Hall–Kier alpha value is -3.63. The van der Waals surface area contributed by atoms with E-state index in [0.29, 0.717) is 30.9 Å². The van der Waals surface area contributed by atoms with Crippen molar-refractivity contribution in [3.8, 4) is 0 Å². The number of aromatic nitrogens is 8. The second-order valence-electron chi connectivity index (χ2n) is 10.6. The van der Waals surface area contributed by atoms with Gasteiger partial charge in [0.15, 0.2) is 0 Å². The number of hydrogen-bond acceptors (Lipinski definition) is 6. The molecule has 2 atom stereocenters. The van der Waals surface area contributed by atoms with Crippen LogP contribution in [-0.4, -0.2) is 45.1 Å². The highest BCUT2D eigenvalue weighted by molar-refractivity contribution is 5.59. The van der Waals surface area contributed by atoms with Gasteiger partial charge in [-0.15, -0.1) is 0 Å². The standard InChI is InChI=1S/C27H33F2N9/c1-4-36-23(8-13-30-36)17(2)32-25(19-5-10-27(28,29)11-6-19)22-16-38-26(33-22)34-24(18(3)35-38)20-9-14-37-21(15-20)7-12-31-37/h7-8,12-13,16,19-20,25,32H,2,4-6,9-11,14-15H2,1,3H3. The molecule has 11 heteroatoms. The van der Waals surface area contributed by atoms with Crippen LogP contribution in [0, 0.1) is 12.8 Å². The normalized spacial score (nSPS) is 20.4. The van der Waals surface area contributed by atoms with Crippen molar-refractivity contribution in [3.05, 3.63) is 65.8 Å². The summed E-state index contributed by atoms with van der Waals surface area (Å²) >= 11 is 0. The fourth-order valence-corrected chi connectivity index (χ4v) is 6.00. The molecule has 0 spiro atoms. The summed E-state index contributed by atoms with van der Waals surface area (Å²) in [6, 6.07) is 3.67. The minimum Gasteiger partial charge on any atom is -0.375 e. The van der Waals surface area contributed by atoms with Gasteiger partial charge in [-0.1, -0.05) is 6.58 Å². The fraction of sp³-hybridized carbons (Fsp3) is 0.519. The lowest BCUT2D eigenvalue weighted by atomic mass is 9.81. The minimum absolute atomic E-state index is 0.0199. The van der Waals surface area contributed by atoms with Crippen LogP contribution < -0.4 is 5.32 Å². The molecule has 1 fully saturated rings. The first kappa shape index (κ1) is 24.7. The summed E-state index contributed by atoms with van der Waals surface area (Å²) in [4.78, 5) is 9.85. The number of nitrogens with one attached hydrogen (secondary N) is 1. The number of rotatable bonds is 7. The number of fused-ring (bicyclic) bond motifs is 2. The van der Waals surface area contributed by atoms with Crippen molar-refractivity contribution in [2.45, 2.75) is 83.3 Å². The maximum Gasteiger partial charge on any atom is 0.251 e. The van der Waals surface area contributed by atoms with Crippen LogP contribution in [-0.2, 0) is 19.5 Å². The topological polar surface area (TPSA) is 90.8 Å². The van der Waals surface area contributed by atoms with Gasteiger partial charge in [0, 0.05) is 49.9 Å². The number of imidazole rings is 1. The van der Waals surface area contributed by atoms with Crippen molar-refractivity contribution in [1.29, 1.82) is 0 Å². The third-order valence-corrected chi connectivity index (χ3v) is 8.08. The van der Waals surface area contributed by atoms with E-state index in [4.69, 9.17) is 15.1 Å². The Kier molecular flexibility index (Phi) is 6.23. The molecule has 0 saturated heterocycles. The lowest BCUT2D eigenvalue weighted by molar-refractivity contribution is -0.0493. The van der Waals surface area contributed by atoms with E-state index < -0.39 is 5.92 Å². The highest BCUT2D eigenvalue weighted by atomic mass is 19.3. The average Bonchev–Trinajstić information content (AvgIpc) is 3.65. The molecule has 0 amide bonds. The maximum absolute atomic E-state index is 14.0. The highest BCUT2D eigenvalue weighted by Crippen LogP contribution is 2.42. The second-order valence-corrected chi connectivity index (χ2v) is 10.6. The first-order valence-corrected chi connectivity index (χ1v) is 13.4. The van der Waals surface area contributed by atoms with Crippen LogP contribution in [0.5, 0.6) is 0 Å². The molecule has 0 radical (unpaired) electrons. The summed E-state index contributed by atoms with van der Waals surface area (Å²) < 4.78 is 33.7. The molecular formula is C27H33F2N9. The first-order valence-electron chi connectivity index (χ1n) is 13.4. The van der Waals surface area contributed by atoms with Gasteiger partial charge in [-0.3, -0.25) is 9.36 Å². The molecule has 38 heavy (non-hydrogen) atoms. The Morgan fingerprint density at radius 2 is 1.95 bits per heavy atom. The van der Waals surface area contributed by atoms with Gasteiger partial charge >= 0.3 is 0 Å². The monoisotopic (exact) mass is 521 g/mol. The Morgan fingerprint density at radius 1 is 1.16 bits per heavy atom. The van der Waals surface area contributed by atoms with Crippen molar-refractivity contribution in [1.82, 2.24) is 44.5 Å². The number of alkyl halides is 2. The molecule has 4 aromatic heterocycles. The van der Waals surface area contributed by atoms with Crippen molar-refractivity contribution >= 4 is 11.5 Å².